The third kappa shape index (κ3) is 12.4. The Bertz CT molecular complexity index is 526. The Kier molecular flexibility index (Phi) is 13.0. The van der Waals surface area contributed by atoms with Crippen LogP contribution in [0, 0.1) is 0 Å². The zero-order chi connectivity index (χ0) is 22.3. The minimum atomic E-state index is -0.731. The Labute approximate surface area is 184 Å². The lowest BCUT2D eigenvalue weighted by Crippen LogP contribution is -2.41. The normalized spacial score (nSPS) is 21.0. The smallest absolute Gasteiger partial charge is 0.146 e. The molecule has 2 heterocycles. The molecule has 4 unspecified atom stereocenters. The van der Waals surface area contributed by atoms with E-state index in [0.29, 0.717) is 26.3 Å². The second-order valence-electron chi connectivity index (χ2n) is 7.18. The van der Waals surface area contributed by atoms with Gasteiger partial charge in [-0.2, -0.15) is 0 Å². The molecule has 4 atom stereocenters. The van der Waals surface area contributed by atoms with Gasteiger partial charge in [-0.1, -0.05) is 32.0 Å². The Morgan fingerprint density at radius 1 is 0.839 bits per heavy atom. The summed E-state index contributed by atoms with van der Waals surface area (Å²) in [7, 11) is 0. The molecule has 3 rings (SSSR count). The van der Waals surface area contributed by atoms with Gasteiger partial charge in [0.05, 0.1) is 51.8 Å². The predicted octanol–water partition coefficient (Wildman–Crippen LogP) is 1.02. The van der Waals surface area contributed by atoms with Crippen molar-refractivity contribution in [2.45, 2.75) is 38.3 Å². The lowest BCUT2D eigenvalue weighted by molar-refractivity contribution is -0.0829. The van der Waals surface area contributed by atoms with Crippen LogP contribution < -0.4 is 4.90 Å². The Morgan fingerprint density at radius 2 is 1.29 bits per heavy atom. The van der Waals surface area contributed by atoms with Crippen molar-refractivity contribution in [2.24, 2.45) is 0 Å². The fourth-order valence-electron chi connectivity index (χ4n) is 2.71. The third-order valence-electron chi connectivity index (χ3n) is 4.35. The van der Waals surface area contributed by atoms with Crippen LogP contribution in [0.1, 0.15) is 13.8 Å². The number of epoxide rings is 2. The van der Waals surface area contributed by atoms with Crippen molar-refractivity contribution >= 4 is 5.69 Å². The van der Waals surface area contributed by atoms with Gasteiger partial charge in [0.1, 0.15) is 25.8 Å². The molecular weight excluding hydrogens is 406 g/mol. The summed E-state index contributed by atoms with van der Waals surface area (Å²) in [5.74, 6) is 0. The molecule has 2 fully saturated rings. The monoisotopic (exact) mass is 443 g/mol. The quantitative estimate of drug-likeness (QED) is 0.207. The number of anilines is 1. The molecule has 1 aromatic carbocycles. The van der Waals surface area contributed by atoms with Gasteiger partial charge in [-0.3, -0.25) is 0 Å². The molecule has 0 aliphatic carbocycles. The Hall–Kier alpha value is -1.30. The van der Waals surface area contributed by atoms with Crippen LogP contribution in [0.3, 0.4) is 0 Å². The first kappa shape index (κ1) is 26.0. The van der Waals surface area contributed by atoms with E-state index in [1.165, 1.54) is 0 Å². The van der Waals surface area contributed by atoms with Gasteiger partial charge in [0.15, 0.2) is 0 Å². The maximum atomic E-state index is 10.3. The highest BCUT2D eigenvalue weighted by Crippen LogP contribution is 2.15. The standard InChI is InChI=1S/C20H31NO8.C2H6/c22-17(8-24-14-26-10-19-12-28-19)6-21(16-4-2-1-3-5-16)7-18(23)9-25-15-27-11-20-13-29-20;1-2/h1-5,17-20,22-23H,6-15H2;1-2H3. The first-order chi connectivity index (χ1) is 15.2. The third-order valence-corrected chi connectivity index (χ3v) is 4.35. The van der Waals surface area contributed by atoms with Crippen molar-refractivity contribution in [3.8, 4) is 0 Å². The summed E-state index contributed by atoms with van der Waals surface area (Å²) in [6.45, 7) is 7.62. The number of ether oxygens (including phenoxy) is 6. The van der Waals surface area contributed by atoms with Crippen molar-refractivity contribution in [3.63, 3.8) is 0 Å². The molecule has 178 valence electrons. The van der Waals surface area contributed by atoms with E-state index in [1.54, 1.807) is 0 Å². The molecule has 2 aliphatic heterocycles. The largest absolute Gasteiger partial charge is 0.389 e. The molecule has 2 N–H and O–H groups in total. The van der Waals surface area contributed by atoms with Crippen LogP contribution in [0.4, 0.5) is 5.69 Å². The molecule has 2 aliphatic rings. The van der Waals surface area contributed by atoms with Crippen LogP contribution in [0.2, 0.25) is 0 Å². The molecule has 0 spiro atoms. The molecule has 0 aromatic heterocycles. The molecule has 0 radical (unpaired) electrons. The zero-order valence-corrected chi connectivity index (χ0v) is 18.6. The highest BCUT2D eigenvalue weighted by molar-refractivity contribution is 5.46. The molecule has 1 aromatic rings. The van der Waals surface area contributed by atoms with Gasteiger partial charge in [0, 0.05) is 18.8 Å². The second kappa shape index (κ2) is 15.5. The average molecular weight is 444 g/mol. The van der Waals surface area contributed by atoms with E-state index < -0.39 is 12.2 Å². The second-order valence-corrected chi connectivity index (χ2v) is 7.18. The number of hydrogen-bond acceptors (Lipinski definition) is 9. The predicted molar refractivity (Wildman–Crippen MR) is 115 cm³/mol. The lowest BCUT2D eigenvalue weighted by atomic mass is 10.2. The van der Waals surface area contributed by atoms with E-state index in [4.69, 9.17) is 28.4 Å². The van der Waals surface area contributed by atoms with Crippen molar-refractivity contribution in [2.75, 3.05) is 71.2 Å². The molecule has 0 bridgehead atoms. The zero-order valence-electron chi connectivity index (χ0n) is 18.6. The van der Waals surface area contributed by atoms with Crippen LogP contribution in [-0.2, 0) is 28.4 Å². The molecular formula is C22H37NO8. The van der Waals surface area contributed by atoms with Crippen LogP contribution in [0.25, 0.3) is 0 Å². The number of para-hydroxylation sites is 1. The number of hydrogen-bond donors (Lipinski definition) is 2. The van der Waals surface area contributed by atoms with Crippen molar-refractivity contribution in [1.29, 1.82) is 0 Å². The van der Waals surface area contributed by atoms with Crippen LogP contribution >= 0.6 is 0 Å². The highest BCUT2D eigenvalue weighted by atomic mass is 16.7. The number of benzene rings is 1. The van der Waals surface area contributed by atoms with Gasteiger partial charge in [0.2, 0.25) is 0 Å². The van der Waals surface area contributed by atoms with Crippen molar-refractivity contribution in [3.05, 3.63) is 30.3 Å². The van der Waals surface area contributed by atoms with Crippen LogP contribution in [-0.4, -0.2) is 101 Å². The van der Waals surface area contributed by atoms with E-state index in [2.05, 4.69) is 0 Å². The van der Waals surface area contributed by atoms with Gasteiger partial charge in [-0.05, 0) is 12.1 Å². The number of rotatable bonds is 17. The summed E-state index contributed by atoms with van der Waals surface area (Å²) in [6, 6.07) is 9.60. The van der Waals surface area contributed by atoms with Gasteiger partial charge in [0.25, 0.3) is 0 Å². The SMILES string of the molecule is CC.OC(COCOCC1CO1)CN(CC(O)COCOCC1CO1)c1ccccc1. The number of aliphatic hydroxyl groups is 2. The summed E-state index contributed by atoms with van der Waals surface area (Å²) in [6.07, 6.45) is -1.08. The van der Waals surface area contributed by atoms with Gasteiger partial charge in [-0.15, -0.1) is 0 Å². The summed E-state index contributed by atoms with van der Waals surface area (Å²) < 4.78 is 31.4. The summed E-state index contributed by atoms with van der Waals surface area (Å²) in [5.41, 5.74) is 0.898. The number of nitrogens with zero attached hydrogens (tertiary/aromatic N) is 1. The fourth-order valence-corrected chi connectivity index (χ4v) is 2.71. The van der Waals surface area contributed by atoms with Gasteiger partial charge >= 0.3 is 0 Å². The van der Waals surface area contributed by atoms with Gasteiger partial charge in [-0.25, -0.2) is 0 Å². The summed E-state index contributed by atoms with van der Waals surface area (Å²) >= 11 is 0. The van der Waals surface area contributed by atoms with E-state index >= 15 is 0 Å². The van der Waals surface area contributed by atoms with E-state index in [1.807, 2.05) is 49.1 Å². The van der Waals surface area contributed by atoms with Gasteiger partial charge < -0.3 is 43.5 Å². The molecule has 2 saturated heterocycles. The first-order valence-corrected chi connectivity index (χ1v) is 10.9. The molecule has 31 heavy (non-hydrogen) atoms. The van der Waals surface area contributed by atoms with Crippen LogP contribution in [0.15, 0.2) is 30.3 Å². The minimum Gasteiger partial charge on any atom is -0.389 e. The van der Waals surface area contributed by atoms with E-state index in [-0.39, 0.29) is 39.0 Å². The topological polar surface area (TPSA) is 106 Å². The summed E-state index contributed by atoms with van der Waals surface area (Å²) in [4.78, 5) is 1.90. The first-order valence-electron chi connectivity index (χ1n) is 10.9. The van der Waals surface area contributed by atoms with E-state index in [9.17, 15) is 10.2 Å². The fraction of sp³-hybridized carbons (Fsp3) is 0.727. The molecule has 9 heteroatoms. The maximum Gasteiger partial charge on any atom is 0.146 e. The summed E-state index contributed by atoms with van der Waals surface area (Å²) in [5, 5.41) is 20.7. The molecule has 0 amide bonds. The highest BCUT2D eigenvalue weighted by Gasteiger charge is 2.23. The molecule has 9 nitrogen and oxygen atoms in total. The Balaban J connectivity index is 0.00000166. The maximum absolute atomic E-state index is 10.3. The Morgan fingerprint density at radius 3 is 1.71 bits per heavy atom. The average Bonchev–Trinajstić information content (AvgIpc) is 3.70. The lowest BCUT2D eigenvalue weighted by Gasteiger charge is -2.29. The van der Waals surface area contributed by atoms with Crippen molar-refractivity contribution < 1.29 is 38.6 Å². The number of aliphatic hydroxyl groups excluding tert-OH is 2. The van der Waals surface area contributed by atoms with E-state index in [0.717, 1.165) is 18.9 Å². The molecule has 0 saturated carbocycles. The van der Waals surface area contributed by atoms with Crippen molar-refractivity contribution in [1.82, 2.24) is 0 Å². The van der Waals surface area contributed by atoms with Crippen LogP contribution in [0.5, 0.6) is 0 Å². The minimum absolute atomic E-state index is 0.116.